The van der Waals surface area contributed by atoms with Gasteiger partial charge in [0.05, 0.1) is 31.1 Å². The zero-order valence-corrected chi connectivity index (χ0v) is 21.1. The molecule has 2 amide bonds. The number of amides is 2. The number of aliphatic hydroxyl groups is 2. The molecule has 5 rings (SSSR count). The average Bonchev–Trinajstić information content (AvgIpc) is 3.46. The molecule has 2 aliphatic carbocycles. The summed E-state index contributed by atoms with van der Waals surface area (Å²) in [5, 5.41) is 29.5. The number of methoxy groups -OCH3 is 1. The number of hydrogen-bond donors (Lipinski definition) is 4. The van der Waals surface area contributed by atoms with Gasteiger partial charge in [0.15, 0.2) is 17.1 Å². The number of H-pyrrole nitrogens is 1. The number of halogens is 4. The maximum Gasteiger partial charge on any atom is 0.417 e. The number of carbonyl (C=O) groups excluding carboxylic acids is 2. The van der Waals surface area contributed by atoms with Crippen molar-refractivity contribution in [1.82, 2.24) is 25.4 Å². The minimum absolute atomic E-state index is 0.0943. The van der Waals surface area contributed by atoms with Crippen LogP contribution in [-0.2, 0) is 4.79 Å². The molecule has 0 bridgehead atoms. The molecule has 2 aromatic rings. The van der Waals surface area contributed by atoms with Gasteiger partial charge in [-0.2, -0.15) is 18.3 Å². The summed E-state index contributed by atoms with van der Waals surface area (Å²) in [5.74, 6) is -1.65. The molecule has 3 heterocycles. The van der Waals surface area contributed by atoms with Gasteiger partial charge in [-0.3, -0.25) is 14.7 Å². The quantitative estimate of drug-likeness (QED) is 0.415. The van der Waals surface area contributed by atoms with Crippen LogP contribution in [0.2, 0.25) is 0 Å². The number of likely N-dealkylation sites (tertiary alicyclic amines) is 1. The number of pyridine rings is 1. The Morgan fingerprint density at radius 2 is 1.95 bits per heavy atom. The van der Waals surface area contributed by atoms with E-state index in [-0.39, 0.29) is 47.6 Å². The van der Waals surface area contributed by atoms with Crippen LogP contribution in [0.3, 0.4) is 0 Å². The highest BCUT2D eigenvalue weighted by Gasteiger charge is 2.58. The van der Waals surface area contributed by atoms with Crippen molar-refractivity contribution < 1.29 is 42.1 Å². The Balaban J connectivity index is 1.22. The fraction of sp³-hybridized carbons (Fsp3) is 0.600. The zero-order chi connectivity index (χ0) is 28.2. The Kier molecular flexibility index (Phi) is 6.82. The van der Waals surface area contributed by atoms with E-state index in [0.717, 1.165) is 6.20 Å². The topological polar surface area (TPSA) is 141 Å². The highest BCUT2D eigenvalue weighted by molar-refractivity contribution is 5.94. The molecular formula is C25H29F4N5O5. The first-order valence-corrected chi connectivity index (χ1v) is 12.7. The third kappa shape index (κ3) is 5.07. The van der Waals surface area contributed by atoms with Crippen molar-refractivity contribution in [1.29, 1.82) is 0 Å². The highest BCUT2D eigenvalue weighted by Crippen LogP contribution is 2.50. The van der Waals surface area contributed by atoms with Gasteiger partial charge >= 0.3 is 6.18 Å². The van der Waals surface area contributed by atoms with Crippen LogP contribution in [0.1, 0.15) is 55.4 Å². The van der Waals surface area contributed by atoms with Crippen molar-refractivity contribution in [3.8, 4) is 17.1 Å². The third-order valence-electron chi connectivity index (χ3n) is 8.21. The lowest BCUT2D eigenvalue weighted by Crippen LogP contribution is -2.58. The van der Waals surface area contributed by atoms with Crippen LogP contribution in [0.5, 0.6) is 5.88 Å². The molecule has 1 aliphatic heterocycles. The number of aromatic nitrogens is 3. The largest absolute Gasteiger partial charge is 0.481 e. The number of aromatic amines is 1. The molecule has 14 heteroatoms. The van der Waals surface area contributed by atoms with Crippen LogP contribution in [-0.4, -0.2) is 85.2 Å². The van der Waals surface area contributed by atoms with Crippen LogP contribution >= 0.6 is 0 Å². The summed E-state index contributed by atoms with van der Waals surface area (Å²) in [7, 11) is 1.40. The normalized spacial score (nSPS) is 28.3. The van der Waals surface area contributed by atoms with E-state index in [9.17, 15) is 37.4 Å². The molecule has 212 valence electrons. The molecule has 10 nitrogen and oxygen atoms in total. The van der Waals surface area contributed by atoms with Gasteiger partial charge in [-0.15, -0.1) is 0 Å². The average molecular weight is 556 g/mol. The molecule has 1 saturated heterocycles. The second kappa shape index (κ2) is 9.73. The Morgan fingerprint density at radius 1 is 1.21 bits per heavy atom. The summed E-state index contributed by atoms with van der Waals surface area (Å²) >= 11 is 0. The summed E-state index contributed by atoms with van der Waals surface area (Å²) in [4.78, 5) is 31.8. The molecule has 0 unspecified atom stereocenters. The lowest BCUT2D eigenvalue weighted by molar-refractivity contribution is -0.279. The van der Waals surface area contributed by atoms with Crippen molar-refractivity contribution in [2.75, 3.05) is 13.7 Å². The van der Waals surface area contributed by atoms with E-state index in [0.29, 0.717) is 25.7 Å². The first-order valence-electron chi connectivity index (χ1n) is 12.7. The van der Waals surface area contributed by atoms with Crippen molar-refractivity contribution in [3.63, 3.8) is 0 Å². The molecule has 4 N–H and O–H groups in total. The minimum atomic E-state index is -4.87. The van der Waals surface area contributed by atoms with Gasteiger partial charge in [-0.1, -0.05) is 0 Å². The standard InChI is InChI=1S/C25H29F4N5O5/c1-39-20-8-14(15(26)12-30-20)17-9-18(33-32-17)22(37)34-7-3-13(10-23(34)5-6-23)21(36)31-16-2-4-24(38,11-19(16)35)25(27,28)29/h8-9,12-13,16,19,35,38H,2-7,10-11H2,1H3,(H,31,36)(H,32,33)/t13-,16+,19-,24+/m0/s1. The number of nitrogens with zero attached hydrogens (tertiary/aromatic N) is 3. The second-order valence-electron chi connectivity index (χ2n) is 10.7. The van der Waals surface area contributed by atoms with E-state index in [4.69, 9.17) is 4.74 Å². The monoisotopic (exact) mass is 555 g/mol. The predicted octanol–water partition coefficient (Wildman–Crippen LogP) is 2.33. The van der Waals surface area contributed by atoms with Gasteiger partial charge in [0, 0.05) is 36.1 Å². The van der Waals surface area contributed by atoms with E-state index >= 15 is 0 Å². The molecule has 0 radical (unpaired) electrons. The molecule has 1 spiro atoms. The number of nitrogens with one attached hydrogen (secondary N) is 2. The Morgan fingerprint density at radius 3 is 2.59 bits per heavy atom. The summed E-state index contributed by atoms with van der Waals surface area (Å²) in [6, 6.07) is 1.93. The fourth-order valence-corrected chi connectivity index (χ4v) is 5.70. The van der Waals surface area contributed by atoms with Crippen LogP contribution in [0.15, 0.2) is 18.3 Å². The minimum Gasteiger partial charge on any atom is -0.481 e. The molecule has 3 fully saturated rings. The molecule has 3 aliphatic rings. The number of alkyl halides is 3. The SMILES string of the molecule is COc1cc(-c2cc(C(=O)N3CC[C@H](C(=O)N[C@@H]4CC[C@](O)(C(F)(F)F)C[C@@H]4O)CC34CC4)n[nH]2)c(F)cn1. The number of hydrogen-bond acceptors (Lipinski definition) is 7. The van der Waals surface area contributed by atoms with Gasteiger partial charge in [0.2, 0.25) is 11.8 Å². The van der Waals surface area contributed by atoms with E-state index in [1.807, 2.05) is 0 Å². The van der Waals surface area contributed by atoms with Crippen LogP contribution < -0.4 is 10.1 Å². The number of rotatable bonds is 5. The van der Waals surface area contributed by atoms with Crippen molar-refractivity contribution in [2.45, 2.75) is 74.4 Å². The molecule has 2 saturated carbocycles. The van der Waals surface area contributed by atoms with Gasteiger partial charge in [-0.25, -0.2) is 9.37 Å². The van der Waals surface area contributed by atoms with Crippen LogP contribution in [0, 0.1) is 11.7 Å². The first kappa shape index (κ1) is 27.3. The predicted molar refractivity (Wildman–Crippen MR) is 127 cm³/mol. The smallest absolute Gasteiger partial charge is 0.417 e. The molecule has 39 heavy (non-hydrogen) atoms. The van der Waals surface area contributed by atoms with Crippen molar-refractivity contribution >= 4 is 11.8 Å². The maximum absolute atomic E-state index is 14.3. The van der Waals surface area contributed by atoms with Crippen LogP contribution in [0.4, 0.5) is 17.6 Å². The third-order valence-corrected chi connectivity index (χ3v) is 8.21. The van der Waals surface area contributed by atoms with Crippen molar-refractivity contribution in [3.05, 3.63) is 29.8 Å². The van der Waals surface area contributed by atoms with Gasteiger partial charge in [-0.05, 0) is 44.6 Å². The lowest BCUT2D eigenvalue weighted by Gasteiger charge is -2.42. The van der Waals surface area contributed by atoms with Crippen LogP contribution in [0.25, 0.3) is 11.3 Å². The summed E-state index contributed by atoms with van der Waals surface area (Å²) in [6.07, 6.45) is -5.07. The zero-order valence-electron chi connectivity index (χ0n) is 21.1. The second-order valence-corrected chi connectivity index (χ2v) is 10.7. The lowest BCUT2D eigenvalue weighted by atomic mass is 9.79. The van der Waals surface area contributed by atoms with Gasteiger partial charge < -0.3 is 25.2 Å². The van der Waals surface area contributed by atoms with E-state index in [1.54, 1.807) is 4.90 Å². The fourth-order valence-electron chi connectivity index (χ4n) is 5.70. The van der Waals surface area contributed by atoms with E-state index < -0.39 is 54.0 Å². The van der Waals surface area contributed by atoms with Gasteiger partial charge in [0.25, 0.3) is 5.91 Å². The van der Waals surface area contributed by atoms with Gasteiger partial charge in [0.1, 0.15) is 0 Å². The summed E-state index contributed by atoms with van der Waals surface area (Å²) < 4.78 is 58.7. The number of aliphatic hydroxyl groups excluding tert-OH is 1. The number of carbonyl (C=O) groups is 2. The Hall–Kier alpha value is -3.26. The van der Waals surface area contributed by atoms with E-state index in [1.165, 1.54) is 19.2 Å². The van der Waals surface area contributed by atoms with Crippen molar-refractivity contribution in [2.24, 2.45) is 5.92 Å². The number of ether oxygens (including phenoxy) is 1. The highest BCUT2D eigenvalue weighted by atomic mass is 19.4. The molecule has 0 aromatic carbocycles. The Bertz CT molecular complexity index is 1270. The maximum atomic E-state index is 14.3. The number of piperidine rings is 1. The Labute approximate surface area is 220 Å². The first-order chi connectivity index (χ1) is 18.4. The summed E-state index contributed by atoms with van der Waals surface area (Å²) in [6.45, 7) is 0.262. The van der Waals surface area contributed by atoms with E-state index in [2.05, 4.69) is 20.5 Å². The molecule has 2 aromatic heterocycles. The molecule has 4 atom stereocenters. The molecular weight excluding hydrogens is 526 g/mol. The summed E-state index contributed by atoms with van der Waals surface area (Å²) in [5.41, 5.74) is -3.00.